The van der Waals surface area contributed by atoms with Crippen molar-refractivity contribution in [2.24, 2.45) is 5.92 Å². The van der Waals surface area contributed by atoms with Gasteiger partial charge in [-0.05, 0) is 36.2 Å². The van der Waals surface area contributed by atoms with Crippen molar-refractivity contribution in [1.82, 2.24) is 20.1 Å². The summed E-state index contributed by atoms with van der Waals surface area (Å²) in [5.74, 6) is -0.541. The molecule has 5 rings (SSSR count). The maximum Gasteiger partial charge on any atom is 0.416 e. The van der Waals surface area contributed by atoms with Crippen LogP contribution in [0.15, 0.2) is 36.5 Å². The first kappa shape index (κ1) is 25.6. The SMILES string of the molecule is O=C(CNc1n[nH]c2ccc(C(F)(F)F)cc12)CC1CN(C2CCOC2)C[C@@H]1OCc1ccc(F)nc1. The van der Waals surface area contributed by atoms with Crippen molar-refractivity contribution >= 4 is 22.5 Å². The smallest absolute Gasteiger partial charge is 0.380 e. The summed E-state index contributed by atoms with van der Waals surface area (Å²) in [5.41, 5.74) is 0.394. The Hall–Kier alpha value is -3.09. The summed E-state index contributed by atoms with van der Waals surface area (Å²) in [6.45, 7) is 2.84. The number of Topliss-reactive ketones (excluding diaryl/α,β-unsaturated/α-hetero) is 1. The molecule has 0 radical (unpaired) electrons. The van der Waals surface area contributed by atoms with Crippen molar-refractivity contribution in [3.63, 3.8) is 0 Å². The molecular weight excluding hydrogens is 494 g/mol. The molecule has 8 nitrogen and oxygen atoms in total. The zero-order valence-electron chi connectivity index (χ0n) is 19.9. The quantitative estimate of drug-likeness (QED) is 0.327. The van der Waals surface area contributed by atoms with Crippen LogP contribution in [0.5, 0.6) is 0 Å². The number of nitrogens with zero attached hydrogens (tertiary/aromatic N) is 3. The number of carbonyl (C=O) groups is 1. The third-order valence-corrected chi connectivity index (χ3v) is 6.92. The number of hydrogen-bond acceptors (Lipinski definition) is 7. The van der Waals surface area contributed by atoms with Crippen LogP contribution in [-0.4, -0.2) is 70.9 Å². The highest BCUT2D eigenvalue weighted by molar-refractivity contribution is 5.92. The summed E-state index contributed by atoms with van der Waals surface area (Å²) in [7, 11) is 0. The van der Waals surface area contributed by atoms with Crippen molar-refractivity contribution in [1.29, 1.82) is 0 Å². The molecule has 0 bridgehead atoms. The van der Waals surface area contributed by atoms with Crippen LogP contribution in [0.25, 0.3) is 10.9 Å². The second kappa shape index (κ2) is 10.7. The average Bonchev–Trinajstić information content (AvgIpc) is 3.62. The predicted octanol–water partition coefficient (Wildman–Crippen LogP) is 3.79. The van der Waals surface area contributed by atoms with Gasteiger partial charge < -0.3 is 14.8 Å². The van der Waals surface area contributed by atoms with Crippen LogP contribution < -0.4 is 5.32 Å². The van der Waals surface area contributed by atoms with E-state index in [1.165, 1.54) is 18.3 Å². The summed E-state index contributed by atoms with van der Waals surface area (Å²) in [6, 6.07) is 6.48. The number of fused-ring (bicyclic) bond motifs is 1. The number of halogens is 4. The Morgan fingerprint density at radius 2 is 2.11 bits per heavy atom. The van der Waals surface area contributed by atoms with Crippen molar-refractivity contribution in [3.8, 4) is 0 Å². The zero-order chi connectivity index (χ0) is 26.0. The fourth-order valence-electron chi connectivity index (χ4n) is 4.93. The number of anilines is 1. The summed E-state index contributed by atoms with van der Waals surface area (Å²) in [4.78, 5) is 18.8. The van der Waals surface area contributed by atoms with Gasteiger partial charge in [0.1, 0.15) is 0 Å². The van der Waals surface area contributed by atoms with Gasteiger partial charge in [0.05, 0.1) is 36.9 Å². The zero-order valence-corrected chi connectivity index (χ0v) is 19.9. The van der Waals surface area contributed by atoms with Crippen LogP contribution in [-0.2, 0) is 27.1 Å². The van der Waals surface area contributed by atoms with E-state index in [1.807, 2.05) is 0 Å². The van der Waals surface area contributed by atoms with Crippen molar-refractivity contribution in [3.05, 3.63) is 53.6 Å². The molecule has 2 N–H and O–H groups in total. The number of aromatic nitrogens is 3. The second-order valence-corrected chi connectivity index (χ2v) is 9.50. The highest BCUT2D eigenvalue weighted by atomic mass is 19.4. The van der Waals surface area contributed by atoms with E-state index < -0.39 is 17.7 Å². The summed E-state index contributed by atoms with van der Waals surface area (Å²) in [6.07, 6.45) is -2.11. The van der Waals surface area contributed by atoms with Crippen LogP contribution in [0.1, 0.15) is 24.0 Å². The van der Waals surface area contributed by atoms with Gasteiger partial charge in [0.25, 0.3) is 0 Å². The minimum absolute atomic E-state index is 0.0731. The molecule has 0 saturated carbocycles. The number of H-pyrrole nitrogens is 1. The largest absolute Gasteiger partial charge is 0.416 e. The van der Waals surface area contributed by atoms with E-state index in [1.54, 1.807) is 6.07 Å². The first-order valence-corrected chi connectivity index (χ1v) is 12.1. The lowest BCUT2D eigenvalue weighted by Crippen LogP contribution is -2.34. The van der Waals surface area contributed by atoms with Gasteiger partial charge in [0, 0.05) is 49.7 Å². The lowest BCUT2D eigenvalue weighted by Gasteiger charge is -2.22. The van der Waals surface area contributed by atoms with Gasteiger partial charge in [0.15, 0.2) is 11.6 Å². The summed E-state index contributed by atoms with van der Waals surface area (Å²) < 4.78 is 64.1. The van der Waals surface area contributed by atoms with E-state index in [4.69, 9.17) is 9.47 Å². The number of nitrogens with one attached hydrogen (secondary N) is 2. The van der Waals surface area contributed by atoms with E-state index in [2.05, 4.69) is 25.4 Å². The molecule has 2 fully saturated rings. The molecular formula is C25H27F4N5O3. The number of carbonyl (C=O) groups excluding carboxylic acids is 1. The van der Waals surface area contributed by atoms with Gasteiger partial charge in [-0.3, -0.25) is 14.8 Å². The number of aromatic amines is 1. The average molecular weight is 522 g/mol. The number of pyridine rings is 1. The number of alkyl halides is 3. The Labute approximate surface area is 210 Å². The van der Waals surface area contributed by atoms with Crippen molar-refractivity contribution < 1.29 is 31.8 Å². The number of ketones is 1. The second-order valence-electron chi connectivity index (χ2n) is 9.50. The van der Waals surface area contributed by atoms with E-state index in [0.717, 1.165) is 24.1 Å². The minimum Gasteiger partial charge on any atom is -0.380 e. The minimum atomic E-state index is -4.48. The van der Waals surface area contributed by atoms with Crippen molar-refractivity contribution in [2.45, 2.75) is 37.8 Å². The number of likely N-dealkylation sites (tertiary alicyclic amines) is 1. The molecule has 2 aromatic heterocycles. The molecule has 12 heteroatoms. The normalized spacial score (nSPS) is 22.6. The van der Waals surface area contributed by atoms with Gasteiger partial charge in [-0.15, -0.1) is 0 Å². The van der Waals surface area contributed by atoms with Crippen molar-refractivity contribution in [2.75, 3.05) is 38.2 Å². The Kier molecular flexibility index (Phi) is 7.40. The third-order valence-electron chi connectivity index (χ3n) is 6.92. The molecule has 2 saturated heterocycles. The van der Waals surface area contributed by atoms with Gasteiger partial charge >= 0.3 is 6.18 Å². The maximum atomic E-state index is 13.1. The first-order chi connectivity index (χ1) is 17.8. The molecule has 198 valence electrons. The Balaban J connectivity index is 1.22. The lowest BCUT2D eigenvalue weighted by atomic mass is 9.99. The maximum absolute atomic E-state index is 13.1. The van der Waals surface area contributed by atoms with Crippen LogP contribution in [0.3, 0.4) is 0 Å². The third kappa shape index (κ3) is 6.08. The van der Waals surface area contributed by atoms with Gasteiger partial charge in [0.2, 0.25) is 5.95 Å². The van der Waals surface area contributed by atoms with Crippen LogP contribution in [0, 0.1) is 11.9 Å². The molecule has 2 aliphatic heterocycles. The molecule has 1 aromatic carbocycles. The van der Waals surface area contributed by atoms with Crippen LogP contribution in [0.2, 0.25) is 0 Å². The standard InChI is InChI=1S/C25H27F4N5O3/c26-23-4-1-15(9-30-23)13-37-22-12-34(18-5-6-36-14-18)11-16(22)7-19(35)10-31-24-20-8-17(25(27,28)29)2-3-21(20)32-33-24/h1-4,8-9,16,18,22H,5-7,10-14H2,(H2,31,32,33)/t16?,18?,22-/m0/s1. The van der Waals surface area contributed by atoms with Gasteiger partial charge in [-0.1, -0.05) is 6.07 Å². The molecule has 0 aliphatic carbocycles. The molecule has 2 unspecified atom stereocenters. The first-order valence-electron chi connectivity index (χ1n) is 12.1. The van der Waals surface area contributed by atoms with Crippen LogP contribution >= 0.6 is 0 Å². The Bertz CT molecular complexity index is 1230. The number of hydrogen-bond donors (Lipinski definition) is 2. The molecule has 37 heavy (non-hydrogen) atoms. The van der Waals surface area contributed by atoms with Gasteiger partial charge in [-0.25, -0.2) is 4.98 Å². The van der Waals surface area contributed by atoms with E-state index in [9.17, 15) is 22.4 Å². The Morgan fingerprint density at radius 1 is 1.24 bits per heavy atom. The monoisotopic (exact) mass is 521 g/mol. The lowest BCUT2D eigenvalue weighted by molar-refractivity contribution is -0.137. The molecule has 3 aromatic rings. The van der Waals surface area contributed by atoms with E-state index in [-0.39, 0.29) is 54.6 Å². The number of benzene rings is 1. The highest BCUT2D eigenvalue weighted by Crippen LogP contribution is 2.33. The summed E-state index contributed by atoms with van der Waals surface area (Å²) in [5, 5.41) is 9.88. The molecule has 3 atom stereocenters. The number of ether oxygens (including phenoxy) is 2. The van der Waals surface area contributed by atoms with Gasteiger partial charge in [-0.2, -0.15) is 22.7 Å². The van der Waals surface area contributed by atoms with E-state index in [0.29, 0.717) is 31.8 Å². The Morgan fingerprint density at radius 3 is 2.84 bits per heavy atom. The molecule has 0 amide bonds. The van der Waals surface area contributed by atoms with E-state index >= 15 is 0 Å². The summed E-state index contributed by atoms with van der Waals surface area (Å²) >= 11 is 0. The highest BCUT2D eigenvalue weighted by Gasteiger charge is 2.39. The molecule has 0 spiro atoms. The van der Waals surface area contributed by atoms with Crippen LogP contribution in [0.4, 0.5) is 23.4 Å². The fourth-order valence-corrected chi connectivity index (χ4v) is 4.93. The molecule has 4 heterocycles. The molecule has 2 aliphatic rings. The number of rotatable bonds is 9. The fraction of sp³-hybridized carbons (Fsp3) is 0.480. The predicted molar refractivity (Wildman–Crippen MR) is 126 cm³/mol. The topological polar surface area (TPSA) is 92.4 Å².